The maximum atomic E-state index is 6.78. The number of para-hydroxylation sites is 1. The van der Waals surface area contributed by atoms with Crippen molar-refractivity contribution >= 4 is 0 Å². The maximum Gasteiger partial charge on any atom is 0.126 e. The molecular weight excluding hydrogens is 368 g/mol. The SMILES string of the molecule is CC(C)c1ccc(CCNCC2(C3CCCCC3)CC(N)c3ccccc3O2)cc1. The zero-order chi connectivity index (χ0) is 21.0. The van der Waals surface area contributed by atoms with Gasteiger partial charge in [-0.1, -0.05) is 75.6 Å². The molecule has 1 saturated carbocycles. The van der Waals surface area contributed by atoms with Gasteiger partial charge >= 0.3 is 0 Å². The molecule has 3 heteroatoms. The van der Waals surface area contributed by atoms with Gasteiger partial charge in [0.1, 0.15) is 11.4 Å². The van der Waals surface area contributed by atoms with E-state index in [1.807, 2.05) is 0 Å². The number of fused-ring (bicyclic) bond motifs is 1. The van der Waals surface area contributed by atoms with Crippen molar-refractivity contribution in [1.29, 1.82) is 0 Å². The topological polar surface area (TPSA) is 47.3 Å². The molecule has 1 fully saturated rings. The first-order valence-electron chi connectivity index (χ1n) is 11.9. The molecule has 0 amide bonds. The Morgan fingerprint density at radius 3 is 2.50 bits per heavy atom. The second-order valence-electron chi connectivity index (χ2n) is 9.67. The van der Waals surface area contributed by atoms with Crippen LogP contribution in [0.4, 0.5) is 0 Å². The lowest BCUT2D eigenvalue weighted by molar-refractivity contribution is -0.0319. The van der Waals surface area contributed by atoms with E-state index in [1.54, 1.807) is 0 Å². The zero-order valence-electron chi connectivity index (χ0n) is 18.7. The molecular formula is C27H38N2O. The first-order valence-corrected chi connectivity index (χ1v) is 11.9. The van der Waals surface area contributed by atoms with Gasteiger partial charge in [0.2, 0.25) is 0 Å². The zero-order valence-corrected chi connectivity index (χ0v) is 18.7. The summed E-state index contributed by atoms with van der Waals surface area (Å²) in [5.41, 5.74) is 10.4. The fourth-order valence-electron chi connectivity index (χ4n) is 5.36. The van der Waals surface area contributed by atoms with E-state index in [0.717, 1.165) is 37.2 Å². The lowest BCUT2D eigenvalue weighted by Gasteiger charge is -2.47. The Hall–Kier alpha value is -1.84. The molecule has 30 heavy (non-hydrogen) atoms. The van der Waals surface area contributed by atoms with Crippen LogP contribution in [-0.2, 0) is 6.42 Å². The van der Waals surface area contributed by atoms with Crippen LogP contribution in [-0.4, -0.2) is 18.7 Å². The number of nitrogens with two attached hydrogens (primary N) is 1. The standard InChI is InChI=1S/C27H38N2O/c1-20(2)22-14-12-21(13-15-22)16-17-29-19-27(23-8-4-3-5-9-23)18-25(28)24-10-6-7-11-26(24)30-27/h6-7,10-15,20,23,25,29H,3-5,8-9,16-19,28H2,1-2H3. The van der Waals surface area contributed by atoms with E-state index in [4.69, 9.17) is 10.5 Å². The molecule has 3 N–H and O–H groups in total. The number of rotatable bonds is 7. The minimum absolute atomic E-state index is 0.0576. The third kappa shape index (κ3) is 4.73. The molecule has 2 atom stereocenters. The van der Waals surface area contributed by atoms with Crippen molar-refractivity contribution in [3.63, 3.8) is 0 Å². The van der Waals surface area contributed by atoms with Crippen molar-refractivity contribution in [2.45, 2.75) is 76.4 Å². The van der Waals surface area contributed by atoms with Gasteiger partial charge in [0.05, 0.1) is 0 Å². The van der Waals surface area contributed by atoms with E-state index in [9.17, 15) is 0 Å². The first-order chi connectivity index (χ1) is 14.6. The molecule has 3 nitrogen and oxygen atoms in total. The number of hydrogen-bond acceptors (Lipinski definition) is 3. The Morgan fingerprint density at radius 2 is 1.77 bits per heavy atom. The van der Waals surface area contributed by atoms with Crippen molar-refractivity contribution in [3.8, 4) is 5.75 Å². The van der Waals surface area contributed by atoms with Gasteiger partial charge in [0.25, 0.3) is 0 Å². The van der Waals surface area contributed by atoms with Crippen molar-refractivity contribution in [1.82, 2.24) is 5.32 Å². The molecule has 162 valence electrons. The summed E-state index contributed by atoms with van der Waals surface area (Å²) in [6.45, 7) is 6.34. The number of ether oxygens (including phenoxy) is 1. The van der Waals surface area contributed by atoms with Crippen LogP contribution in [0.5, 0.6) is 5.75 Å². The van der Waals surface area contributed by atoms with Crippen molar-refractivity contribution in [2.24, 2.45) is 11.7 Å². The summed E-state index contributed by atoms with van der Waals surface area (Å²) in [6, 6.07) is 17.5. The molecule has 0 bridgehead atoms. The Balaban J connectivity index is 1.42. The summed E-state index contributed by atoms with van der Waals surface area (Å²) in [5, 5.41) is 3.75. The third-order valence-electron chi connectivity index (χ3n) is 7.21. The average molecular weight is 407 g/mol. The molecule has 1 aliphatic carbocycles. The van der Waals surface area contributed by atoms with Gasteiger partial charge in [0, 0.05) is 30.5 Å². The van der Waals surface area contributed by atoms with Gasteiger partial charge in [0.15, 0.2) is 0 Å². The summed E-state index contributed by atoms with van der Waals surface area (Å²) in [7, 11) is 0. The van der Waals surface area contributed by atoms with Gasteiger partial charge < -0.3 is 15.8 Å². The van der Waals surface area contributed by atoms with Crippen LogP contribution in [0.1, 0.15) is 81.0 Å². The average Bonchev–Trinajstić information content (AvgIpc) is 2.78. The quantitative estimate of drug-likeness (QED) is 0.576. The third-order valence-corrected chi connectivity index (χ3v) is 7.21. The highest BCUT2D eigenvalue weighted by Gasteiger charge is 2.45. The summed E-state index contributed by atoms with van der Waals surface area (Å²) in [6.07, 6.45) is 8.45. The van der Waals surface area contributed by atoms with Gasteiger partial charge in [-0.25, -0.2) is 0 Å². The molecule has 2 unspecified atom stereocenters. The predicted molar refractivity (Wildman–Crippen MR) is 125 cm³/mol. The van der Waals surface area contributed by atoms with Crippen LogP contribution in [0.15, 0.2) is 48.5 Å². The molecule has 2 aromatic rings. The smallest absolute Gasteiger partial charge is 0.126 e. The Labute approximate surface area is 182 Å². The highest BCUT2D eigenvalue weighted by molar-refractivity contribution is 5.39. The van der Waals surface area contributed by atoms with Crippen LogP contribution in [0.25, 0.3) is 0 Å². The van der Waals surface area contributed by atoms with Crippen LogP contribution >= 0.6 is 0 Å². The largest absolute Gasteiger partial charge is 0.485 e. The molecule has 1 aliphatic heterocycles. The molecule has 0 aromatic heterocycles. The van der Waals surface area contributed by atoms with Crippen molar-refractivity contribution in [3.05, 3.63) is 65.2 Å². The summed E-state index contributed by atoms with van der Waals surface area (Å²) >= 11 is 0. The summed E-state index contributed by atoms with van der Waals surface area (Å²) < 4.78 is 6.78. The molecule has 0 radical (unpaired) electrons. The lowest BCUT2D eigenvalue weighted by atomic mass is 9.71. The molecule has 2 aliphatic rings. The second kappa shape index (κ2) is 9.53. The van der Waals surface area contributed by atoms with Crippen molar-refractivity contribution in [2.75, 3.05) is 13.1 Å². The van der Waals surface area contributed by atoms with Gasteiger partial charge in [-0.2, -0.15) is 0 Å². The fourth-order valence-corrected chi connectivity index (χ4v) is 5.36. The summed E-state index contributed by atoms with van der Waals surface area (Å²) in [5.74, 6) is 2.17. The maximum absolute atomic E-state index is 6.78. The minimum Gasteiger partial charge on any atom is -0.485 e. The van der Waals surface area contributed by atoms with Crippen LogP contribution < -0.4 is 15.8 Å². The van der Waals surface area contributed by atoms with Gasteiger partial charge in [-0.3, -0.25) is 0 Å². The normalized spacial score (nSPS) is 24.5. The molecule has 4 rings (SSSR count). The summed E-state index contributed by atoms with van der Waals surface area (Å²) in [4.78, 5) is 0. The minimum atomic E-state index is -0.185. The van der Waals surface area contributed by atoms with Gasteiger partial charge in [-0.05, 0) is 48.9 Å². The van der Waals surface area contributed by atoms with E-state index in [1.165, 1.54) is 43.2 Å². The number of benzene rings is 2. The van der Waals surface area contributed by atoms with E-state index < -0.39 is 0 Å². The van der Waals surface area contributed by atoms with Crippen LogP contribution in [0.3, 0.4) is 0 Å². The van der Waals surface area contributed by atoms with E-state index >= 15 is 0 Å². The first kappa shape index (κ1) is 21.4. The second-order valence-corrected chi connectivity index (χ2v) is 9.67. The lowest BCUT2D eigenvalue weighted by Crippen LogP contribution is -2.55. The van der Waals surface area contributed by atoms with Crippen LogP contribution in [0, 0.1) is 5.92 Å². The number of hydrogen-bond donors (Lipinski definition) is 2. The predicted octanol–water partition coefficient (Wildman–Crippen LogP) is 5.74. The van der Waals surface area contributed by atoms with E-state index in [-0.39, 0.29) is 11.6 Å². The van der Waals surface area contributed by atoms with Crippen molar-refractivity contribution < 1.29 is 4.74 Å². The van der Waals surface area contributed by atoms with Gasteiger partial charge in [-0.15, -0.1) is 0 Å². The molecule has 0 spiro atoms. The highest BCUT2D eigenvalue weighted by atomic mass is 16.5. The molecule has 0 saturated heterocycles. The highest BCUT2D eigenvalue weighted by Crippen LogP contribution is 2.45. The molecule has 1 heterocycles. The number of nitrogens with one attached hydrogen (secondary N) is 1. The Kier molecular flexibility index (Phi) is 6.80. The van der Waals surface area contributed by atoms with Crippen LogP contribution in [0.2, 0.25) is 0 Å². The molecule has 2 aromatic carbocycles. The fraction of sp³-hybridized carbons (Fsp3) is 0.556. The monoisotopic (exact) mass is 406 g/mol. The van der Waals surface area contributed by atoms with E-state index in [2.05, 4.69) is 67.7 Å². The van der Waals surface area contributed by atoms with E-state index in [0.29, 0.717) is 11.8 Å². The Bertz CT molecular complexity index is 810. The Morgan fingerprint density at radius 1 is 1.03 bits per heavy atom.